The lowest BCUT2D eigenvalue weighted by Gasteiger charge is -2.08. The number of halogens is 3. The zero-order chi connectivity index (χ0) is 13.3. The minimum Gasteiger partial charge on any atom is -0.233 e. The molecular weight excluding hydrogens is 319 g/mol. The molecule has 0 radical (unpaired) electrons. The van der Waals surface area contributed by atoms with Gasteiger partial charge in [-0.05, 0) is 31.5 Å². The lowest BCUT2D eigenvalue weighted by Crippen LogP contribution is -2.00. The predicted molar refractivity (Wildman–Crippen MR) is 74.3 cm³/mol. The standard InChI is InChI=1S/C13H11BrClFN2/c1-3-9-7(2)17-13(18-12(9)15)10-5-4-8(14)6-11(10)16/h4-6H,3H2,1-2H3. The molecule has 0 amide bonds. The molecule has 0 atom stereocenters. The van der Waals surface area contributed by atoms with Gasteiger partial charge < -0.3 is 0 Å². The zero-order valence-corrected chi connectivity index (χ0v) is 12.3. The van der Waals surface area contributed by atoms with Crippen LogP contribution in [0.5, 0.6) is 0 Å². The molecule has 5 heteroatoms. The highest BCUT2D eigenvalue weighted by Gasteiger charge is 2.13. The molecule has 0 N–H and O–H groups in total. The maximum atomic E-state index is 13.8. The van der Waals surface area contributed by atoms with Gasteiger partial charge in [-0.2, -0.15) is 0 Å². The lowest BCUT2D eigenvalue weighted by molar-refractivity contribution is 0.629. The van der Waals surface area contributed by atoms with E-state index in [9.17, 15) is 4.39 Å². The number of hydrogen-bond donors (Lipinski definition) is 0. The van der Waals surface area contributed by atoms with Gasteiger partial charge in [-0.3, -0.25) is 0 Å². The molecule has 0 aliphatic carbocycles. The van der Waals surface area contributed by atoms with Crippen LogP contribution in [0, 0.1) is 12.7 Å². The summed E-state index contributed by atoms with van der Waals surface area (Å²) in [4.78, 5) is 8.48. The van der Waals surface area contributed by atoms with Crippen molar-refractivity contribution < 1.29 is 4.39 Å². The SMILES string of the molecule is CCc1c(C)nc(-c2ccc(Br)cc2F)nc1Cl. The summed E-state index contributed by atoms with van der Waals surface area (Å²) in [6.45, 7) is 3.84. The average Bonchev–Trinajstić information content (AvgIpc) is 2.28. The molecular formula is C13H11BrClFN2. The van der Waals surface area contributed by atoms with Crippen LogP contribution in [0.2, 0.25) is 5.15 Å². The van der Waals surface area contributed by atoms with Crippen LogP contribution in [-0.2, 0) is 6.42 Å². The third-order valence-electron chi connectivity index (χ3n) is 2.69. The summed E-state index contributed by atoms with van der Waals surface area (Å²) in [7, 11) is 0. The zero-order valence-electron chi connectivity index (χ0n) is 9.97. The number of nitrogens with zero attached hydrogens (tertiary/aromatic N) is 2. The van der Waals surface area contributed by atoms with Gasteiger partial charge in [-0.25, -0.2) is 14.4 Å². The van der Waals surface area contributed by atoms with E-state index < -0.39 is 0 Å². The van der Waals surface area contributed by atoms with E-state index in [4.69, 9.17) is 11.6 Å². The molecule has 2 nitrogen and oxygen atoms in total. The van der Waals surface area contributed by atoms with Crippen LogP contribution in [0.1, 0.15) is 18.2 Å². The number of rotatable bonds is 2. The highest BCUT2D eigenvalue weighted by molar-refractivity contribution is 9.10. The van der Waals surface area contributed by atoms with Crippen molar-refractivity contribution in [2.75, 3.05) is 0 Å². The van der Waals surface area contributed by atoms with Crippen LogP contribution in [0.25, 0.3) is 11.4 Å². The Kier molecular flexibility index (Phi) is 3.97. The van der Waals surface area contributed by atoms with Crippen molar-refractivity contribution in [3.8, 4) is 11.4 Å². The molecule has 0 saturated carbocycles. The smallest absolute Gasteiger partial charge is 0.164 e. The van der Waals surface area contributed by atoms with E-state index in [2.05, 4.69) is 25.9 Å². The Balaban J connectivity index is 2.58. The van der Waals surface area contributed by atoms with E-state index in [0.717, 1.165) is 17.7 Å². The molecule has 94 valence electrons. The fraction of sp³-hybridized carbons (Fsp3) is 0.231. The Morgan fingerprint density at radius 2 is 2.06 bits per heavy atom. The average molecular weight is 330 g/mol. The first-order valence-corrected chi connectivity index (χ1v) is 6.68. The van der Waals surface area contributed by atoms with Gasteiger partial charge in [0.25, 0.3) is 0 Å². The molecule has 0 unspecified atom stereocenters. The van der Waals surface area contributed by atoms with Crippen molar-refractivity contribution >= 4 is 27.5 Å². The maximum absolute atomic E-state index is 13.8. The molecule has 1 heterocycles. The molecule has 1 aromatic heterocycles. The molecule has 1 aromatic carbocycles. The van der Waals surface area contributed by atoms with Crippen molar-refractivity contribution in [2.24, 2.45) is 0 Å². The monoisotopic (exact) mass is 328 g/mol. The normalized spacial score (nSPS) is 10.7. The van der Waals surface area contributed by atoms with Gasteiger partial charge in [0.1, 0.15) is 11.0 Å². The van der Waals surface area contributed by atoms with E-state index in [1.54, 1.807) is 12.1 Å². The molecule has 0 fully saturated rings. The Hall–Kier alpha value is -1.00. The van der Waals surface area contributed by atoms with Gasteiger partial charge in [0, 0.05) is 15.7 Å². The van der Waals surface area contributed by atoms with Crippen LogP contribution in [0.4, 0.5) is 4.39 Å². The van der Waals surface area contributed by atoms with Crippen LogP contribution < -0.4 is 0 Å². The summed E-state index contributed by atoms with van der Waals surface area (Å²) in [5.41, 5.74) is 2.04. The Labute approximate surface area is 118 Å². The first kappa shape index (κ1) is 13.4. The first-order chi connectivity index (χ1) is 8.52. The summed E-state index contributed by atoms with van der Waals surface area (Å²) in [6.07, 6.45) is 0.758. The summed E-state index contributed by atoms with van der Waals surface area (Å²) in [5, 5.41) is 0.391. The van der Waals surface area contributed by atoms with Crippen LogP contribution >= 0.6 is 27.5 Å². The fourth-order valence-electron chi connectivity index (χ4n) is 1.75. The quantitative estimate of drug-likeness (QED) is 0.754. The van der Waals surface area contributed by atoms with Crippen LogP contribution in [-0.4, -0.2) is 9.97 Å². The van der Waals surface area contributed by atoms with E-state index in [1.165, 1.54) is 6.07 Å². The Morgan fingerprint density at radius 1 is 1.33 bits per heavy atom. The topological polar surface area (TPSA) is 25.8 Å². The van der Waals surface area contributed by atoms with Crippen molar-refractivity contribution in [1.82, 2.24) is 9.97 Å². The predicted octanol–water partition coefficient (Wildman–Crippen LogP) is 4.57. The van der Waals surface area contributed by atoms with Crippen molar-refractivity contribution in [3.63, 3.8) is 0 Å². The highest BCUT2D eigenvalue weighted by atomic mass is 79.9. The van der Waals surface area contributed by atoms with Gasteiger partial charge in [0.05, 0.1) is 5.56 Å². The van der Waals surface area contributed by atoms with Gasteiger partial charge >= 0.3 is 0 Å². The summed E-state index contributed by atoms with van der Waals surface area (Å²) >= 11 is 9.30. The molecule has 0 spiro atoms. The highest BCUT2D eigenvalue weighted by Crippen LogP contribution is 2.26. The Morgan fingerprint density at radius 3 is 2.61 bits per heavy atom. The largest absolute Gasteiger partial charge is 0.233 e. The second-order valence-corrected chi connectivity index (χ2v) is 5.15. The van der Waals surface area contributed by atoms with E-state index in [1.807, 2.05) is 13.8 Å². The second-order valence-electron chi connectivity index (χ2n) is 3.88. The minimum atomic E-state index is -0.371. The maximum Gasteiger partial charge on any atom is 0.164 e. The van der Waals surface area contributed by atoms with Gasteiger partial charge in [-0.15, -0.1) is 0 Å². The molecule has 0 saturated heterocycles. The van der Waals surface area contributed by atoms with Crippen LogP contribution in [0.3, 0.4) is 0 Å². The summed E-state index contributed by atoms with van der Waals surface area (Å²) in [6, 6.07) is 4.77. The third-order valence-corrected chi connectivity index (χ3v) is 3.49. The molecule has 18 heavy (non-hydrogen) atoms. The molecule has 2 aromatic rings. The Bertz CT molecular complexity index is 579. The van der Waals surface area contributed by atoms with Crippen molar-refractivity contribution in [1.29, 1.82) is 0 Å². The number of benzene rings is 1. The first-order valence-electron chi connectivity index (χ1n) is 5.51. The second kappa shape index (κ2) is 5.33. The fourth-order valence-corrected chi connectivity index (χ4v) is 2.44. The van der Waals surface area contributed by atoms with Gasteiger partial charge in [0.2, 0.25) is 0 Å². The van der Waals surface area contributed by atoms with Gasteiger partial charge in [-0.1, -0.05) is 34.5 Å². The van der Waals surface area contributed by atoms with Gasteiger partial charge in [0.15, 0.2) is 5.82 Å². The van der Waals surface area contributed by atoms with E-state index in [-0.39, 0.29) is 5.82 Å². The number of hydrogen-bond acceptors (Lipinski definition) is 2. The summed E-state index contributed by atoms with van der Waals surface area (Å²) < 4.78 is 14.5. The molecule has 0 aliphatic heterocycles. The lowest BCUT2D eigenvalue weighted by atomic mass is 10.1. The number of aromatic nitrogens is 2. The molecule has 0 aliphatic rings. The van der Waals surface area contributed by atoms with Crippen molar-refractivity contribution in [2.45, 2.75) is 20.3 Å². The number of aryl methyl sites for hydroxylation is 1. The van der Waals surface area contributed by atoms with E-state index in [0.29, 0.717) is 21.0 Å². The molecule has 2 rings (SSSR count). The third kappa shape index (κ3) is 2.54. The van der Waals surface area contributed by atoms with Crippen molar-refractivity contribution in [3.05, 3.63) is 44.9 Å². The van der Waals surface area contributed by atoms with E-state index >= 15 is 0 Å². The molecule has 0 bridgehead atoms. The van der Waals surface area contributed by atoms with Crippen LogP contribution in [0.15, 0.2) is 22.7 Å². The minimum absolute atomic E-state index is 0.319. The summed E-state index contributed by atoms with van der Waals surface area (Å²) in [5.74, 6) is -0.0520.